The smallest absolute Gasteiger partial charge is 0.289 e. The van der Waals surface area contributed by atoms with Crippen molar-refractivity contribution in [3.8, 4) is 0 Å². The van der Waals surface area contributed by atoms with Crippen LogP contribution in [0.3, 0.4) is 0 Å². The Balaban J connectivity index is 3.30. The first kappa shape index (κ1) is 12.8. The Bertz CT molecular complexity index is 449. The Morgan fingerprint density at radius 2 is 1.94 bits per heavy atom. The number of hydrogen-bond acceptors (Lipinski definition) is 1. The van der Waals surface area contributed by atoms with Crippen molar-refractivity contribution in [3.05, 3.63) is 46.5 Å². The molecule has 0 aliphatic carbocycles. The molecule has 5 heteroatoms. The Hall–Kier alpha value is -1.29. The van der Waals surface area contributed by atoms with Crippen molar-refractivity contribution in [1.82, 2.24) is 0 Å². The molecule has 0 bridgehead atoms. The number of halogens is 4. The fourth-order valence-corrected chi connectivity index (χ4v) is 1.31. The molecule has 0 saturated carbocycles. The number of alkyl halides is 3. The number of hydrogen-bond donors (Lipinski definition) is 0. The third kappa shape index (κ3) is 2.64. The maximum Gasteiger partial charge on any atom is 0.416 e. The van der Waals surface area contributed by atoms with Gasteiger partial charge >= 0.3 is 6.18 Å². The van der Waals surface area contributed by atoms with Gasteiger partial charge in [-0.25, -0.2) is 0 Å². The summed E-state index contributed by atoms with van der Waals surface area (Å²) in [7, 11) is 0. The number of carbonyl (C=O) groups is 1. The number of rotatable bonds is 2. The maximum atomic E-state index is 12.4. The molecule has 0 fully saturated rings. The first-order valence-electron chi connectivity index (χ1n) is 4.30. The summed E-state index contributed by atoms with van der Waals surface area (Å²) in [4.78, 5) is 11.5. The molecule has 0 N–H and O–H groups in total. The summed E-state index contributed by atoms with van der Waals surface area (Å²) >= 11 is 5.66. The molecule has 0 saturated heterocycles. The normalized spacial score (nSPS) is 11.3. The van der Waals surface area contributed by atoms with E-state index in [2.05, 4.69) is 6.58 Å². The lowest BCUT2D eigenvalue weighted by atomic mass is 10.0. The average molecular weight is 249 g/mol. The van der Waals surface area contributed by atoms with Gasteiger partial charge in [0, 0.05) is 5.56 Å². The standard InChI is InChI=1S/C11H8ClF3O/c1-6(2)10(16)8-5-7(11(13,14)15)3-4-9(8)12/h3-5H,1H2,2H3. The third-order valence-corrected chi connectivity index (χ3v) is 2.26. The Morgan fingerprint density at radius 1 is 1.38 bits per heavy atom. The molecule has 0 aliphatic rings. The second kappa shape index (κ2) is 4.29. The molecule has 1 rings (SSSR count). The van der Waals surface area contributed by atoms with Crippen LogP contribution in [0.2, 0.25) is 5.02 Å². The van der Waals surface area contributed by atoms with Crippen LogP contribution in [0.4, 0.5) is 13.2 Å². The highest BCUT2D eigenvalue weighted by Gasteiger charge is 2.31. The Labute approximate surface area is 95.5 Å². The highest BCUT2D eigenvalue weighted by molar-refractivity contribution is 6.34. The van der Waals surface area contributed by atoms with Gasteiger partial charge in [-0.15, -0.1) is 0 Å². The first-order valence-corrected chi connectivity index (χ1v) is 4.68. The molecule has 0 heterocycles. The van der Waals surface area contributed by atoms with Crippen molar-refractivity contribution < 1.29 is 18.0 Å². The molecule has 0 atom stereocenters. The van der Waals surface area contributed by atoms with Crippen molar-refractivity contribution in [3.63, 3.8) is 0 Å². The lowest BCUT2D eigenvalue weighted by molar-refractivity contribution is -0.137. The number of allylic oxidation sites excluding steroid dienone is 1. The zero-order valence-electron chi connectivity index (χ0n) is 8.36. The molecular formula is C11H8ClF3O. The first-order chi connectivity index (χ1) is 7.23. The van der Waals surface area contributed by atoms with Crippen LogP contribution < -0.4 is 0 Å². The average Bonchev–Trinajstić information content (AvgIpc) is 2.15. The minimum absolute atomic E-state index is 0.0130. The summed E-state index contributed by atoms with van der Waals surface area (Å²) < 4.78 is 37.2. The second-order valence-electron chi connectivity index (χ2n) is 3.30. The highest BCUT2D eigenvalue weighted by atomic mass is 35.5. The lowest BCUT2D eigenvalue weighted by Crippen LogP contribution is -2.08. The van der Waals surface area contributed by atoms with Crippen molar-refractivity contribution in [2.45, 2.75) is 13.1 Å². The zero-order valence-corrected chi connectivity index (χ0v) is 9.12. The van der Waals surface area contributed by atoms with Gasteiger partial charge in [0.05, 0.1) is 10.6 Å². The van der Waals surface area contributed by atoms with Gasteiger partial charge in [0.25, 0.3) is 0 Å². The number of carbonyl (C=O) groups excluding carboxylic acids is 1. The van der Waals surface area contributed by atoms with E-state index in [-0.39, 0.29) is 16.2 Å². The molecule has 0 aromatic heterocycles. The van der Waals surface area contributed by atoms with Gasteiger partial charge in [-0.1, -0.05) is 18.2 Å². The quantitative estimate of drug-likeness (QED) is 0.568. The monoisotopic (exact) mass is 248 g/mol. The van der Waals surface area contributed by atoms with E-state index in [4.69, 9.17) is 11.6 Å². The molecule has 1 nitrogen and oxygen atoms in total. The molecular weight excluding hydrogens is 241 g/mol. The number of ketones is 1. The van der Waals surface area contributed by atoms with Gasteiger partial charge in [-0.05, 0) is 30.7 Å². The minimum Gasteiger partial charge on any atom is -0.289 e. The van der Waals surface area contributed by atoms with Crippen molar-refractivity contribution >= 4 is 17.4 Å². The van der Waals surface area contributed by atoms with Crippen LogP contribution in [0, 0.1) is 0 Å². The van der Waals surface area contributed by atoms with Crippen LogP contribution >= 0.6 is 11.6 Å². The fraction of sp³-hybridized carbons (Fsp3) is 0.182. The van der Waals surface area contributed by atoms with Crippen molar-refractivity contribution in [2.75, 3.05) is 0 Å². The minimum atomic E-state index is -4.49. The summed E-state index contributed by atoms with van der Waals surface area (Å²) in [5.74, 6) is -0.587. The predicted octanol–water partition coefficient (Wildman–Crippen LogP) is 4.12. The molecule has 0 aliphatic heterocycles. The predicted molar refractivity (Wildman–Crippen MR) is 55.6 cm³/mol. The molecule has 1 aromatic rings. The topological polar surface area (TPSA) is 17.1 Å². The van der Waals surface area contributed by atoms with Crippen LogP contribution in [0.5, 0.6) is 0 Å². The van der Waals surface area contributed by atoms with Crippen LogP contribution in [0.1, 0.15) is 22.8 Å². The van der Waals surface area contributed by atoms with Crippen molar-refractivity contribution in [1.29, 1.82) is 0 Å². The van der Waals surface area contributed by atoms with Gasteiger partial charge in [-0.3, -0.25) is 4.79 Å². The van der Waals surface area contributed by atoms with Crippen LogP contribution in [-0.2, 0) is 6.18 Å². The van der Waals surface area contributed by atoms with Gasteiger partial charge in [0.2, 0.25) is 0 Å². The molecule has 0 spiro atoms. The lowest BCUT2D eigenvalue weighted by Gasteiger charge is -2.09. The van der Waals surface area contributed by atoms with Gasteiger partial charge in [0.15, 0.2) is 5.78 Å². The molecule has 0 unspecified atom stereocenters. The largest absolute Gasteiger partial charge is 0.416 e. The van der Waals surface area contributed by atoms with Gasteiger partial charge in [-0.2, -0.15) is 13.2 Å². The third-order valence-electron chi connectivity index (χ3n) is 1.93. The molecule has 1 aromatic carbocycles. The Morgan fingerprint density at radius 3 is 2.38 bits per heavy atom. The number of Topliss-reactive ketones (excluding diaryl/α,β-unsaturated/α-hetero) is 1. The van der Waals surface area contributed by atoms with Crippen LogP contribution in [-0.4, -0.2) is 5.78 Å². The van der Waals surface area contributed by atoms with E-state index in [1.165, 1.54) is 6.92 Å². The summed E-state index contributed by atoms with van der Waals surface area (Å²) in [6, 6.07) is 2.62. The summed E-state index contributed by atoms with van der Waals surface area (Å²) in [6.07, 6.45) is -4.49. The zero-order chi connectivity index (χ0) is 12.5. The molecule has 0 radical (unpaired) electrons. The fourth-order valence-electron chi connectivity index (χ4n) is 1.11. The van der Waals surface area contributed by atoms with Gasteiger partial charge < -0.3 is 0 Å². The van der Waals surface area contributed by atoms with Crippen LogP contribution in [0.15, 0.2) is 30.4 Å². The Kier molecular flexibility index (Phi) is 3.43. The molecule has 16 heavy (non-hydrogen) atoms. The van der Waals surface area contributed by atoms with E-state index < -0.39 is 17.5 Å². The van der Waals surface area contributed by atoms with E-state index >= 15 is 0 Å². The molecule has 0 amide bonds. The van der Waals surface area contributed by atoms with E-state index in [0.717, 1.165) is 18.2 Å². The molecule has 86 valence electrons. The van der Waals surface area contributed by atoms with E-state index in [9.17, 15) is 18.0 Å². The summed E-state index contributed by atoms with van der Waals surface area (Å²) in [5.41, 5.74) is -0.938. The van der Waals surface area contributed by atoms with Gasteiger partial charge in [0.1, 0.15) is 0 Å². The summed E-state index contributed by atoms with van der Waals surface area (Å²) in [6.45, 7) is 4.79. The summed E-state index contributed by atoms with van der Waals surface area (Å²) in [5, 5.41) is -0.0130. The number of benzene rings is 1. The van der Waals surface area contributed by atoms with E-state index in [1.807, 2.05) is 0 Å². The van der Waals surface area contributed by atoms with E-state index in [1.54, 1.807) is 0 Å². The highest BCUT2D eigenvalue weighted by Crippen LogP contribution is 2.32. The second-order valence-corrected chi connectivity index (χ2v) is 3.71. The SMILES string of the molecule is C=C(C)C(=O)c1cc(C(F)(F)F)ccc1Cl. The maximum absolute atomic E-state index is 12.4. The van der Waals surface area contributed by atoms with Crippen LogP contribution in [0.25, 0.3) is 0 Å². The van der Waals surface area contributed by atoms with E-state index in [0.29, 0.717) is 0 Å². The van der Waals surface area contributed by atoms with Crippen molar-refractivity contribution in [2.24, 2.45) is 0 Å².